The Bertz CT molecular complexity index is 1180. The minimum atomic E-state index is -2.12. The lowest BCUT2D eigenvalue weighted by Gasteiger charge is -2.33. The molecule has 31 heavy (non-hydrogen) atoms. The van der Waals surface area contributed by atoms with Gasteiger partial charge >= 0.3 is 0 Å². The SMILES string of the molecule is C=S(C)(=O)N1CCCC(CCc2nc3cc(C)c(C)cc3n2Cc2ccc(Cl)cc2)C1. The quantitative estimate of drug-likeness (QED) is 0.473. The van der Waals surface area contributed by atoms with Crippen molar-refractivity contribution in [2.45, 2.75) is 46.1 Å². The fourth-order valence-corrected chi connectivity index (χ4v) is 5.68. The van der Waals surface area contributed by atoms with Crippen LogP contribution >= 0.6 is 11.6 Å². The van der Waals surface area contributed by atoms with Crippen molar-refractivity contribution >= 4 is 38.2 Å². The van der Waals surface area contributed by atoms with E-state index in [-0.39, 0.29) is 0 Å². The number of hydrogen-bond acceptors (Lipinski definition) is 2. The van der Waals surface area contributed by atoms with Crippen molar-refractivity contribution in [2.24, 2.45) is 5.92 Å². The van der Waals surface area contributed by atoms with Gasteiger partial charge in [-0.3, -0.25) is 4.21 Å². The van der Waals surface area contributed by atoms with Crippen LogP contribution in [0.3, 0.4) is 0 Å². The minimum Gasteiger partial charge on any atom is -0.323 e. The Balaban J connectivity index is 1.61. The van der Waals surface area contributed by atoms with Crippen molar-refractivity contribution in [3.8, 4) is 0 Å². The molecular formula is C25H32ClN3OS. The van der Waals surface area contributed by atoms with Gasteiger partial charge in [-0.2, -0.15) is 0 Å². The molecule has 1 aromatic heterocycles. The molecule has 2 heterocycles. The molecule has 3 aromatic rings. The predicted octanol–water partition coefficient (Wildman–Crippen LogP) is 5.26. The van der Waals surface area contributed by atoms with Gasteiger partial charge < -0.3 is 4.57 Å². The summed E-state index contributed by atoms with van der Waals surface area (Å²) in [5.74, 6) is 5.54. The van der Waals surface area contributed by atoms with Crippen molar-refractivity contribution < 1.29 is 4.21 Å². The van der Waals surface area contributed by atoms with Crippen molar-refractivity contribution in [2.75, 3.05) is 19.3 Å². The molecule has 6 heteroatoms. The Morgan fingerprint density at radius 3 is 2.61 bits per heavy atom. The number of halogens is 1. The van der Waals surface area contributed by atoms with Gasteiger partial charge in [0.2, 0.25) is 0 Å². The third kappa shape index (κ3) is 5.16. The summed E-state index contributed by atoms with van der Waals surface area (Å²) in [6, 6.07) is 12.5. The average Bonchev–Trinajstić information content (AvgIpc) is 3.04. The third-order valence-corrected chi connectivity index (χ3v) is 8.18. The highest BCUT2D eigenvalue weighted by molar-refractivity contribution is 7.97. The zero-order chi connectivity index (χ0) is 22.2. The number of fused-ring (bicyclic) bond motifs is 1. The third-order valence-electron chi connectivity index (χ3n) is 6.50. The first kappa shape index (κ1) is 22.4. The van der Waals surface area contributed by atoms with Crippen LogP contribution in [0, 0.1) is 19.8 Å². The minimum absolute atomic E-state index is 0.531. The van der Waals surface area contributed by atoms with Gasteiger partial charge in [-0.25, -0.2) is 9.29 Å². The largest absolute Gasteiger partial charge is 0.323 e. The van der Waals surface area contributed by atoms with Crippen LogP contribution in [0.4, 0.5) is 0 Å². The zero-order valence-corrected chi connectivity index (χ0v) is 20.3. The summed E-state index contributed by atoms with van der Waals surface area (Å²) in [5.41, 5.74) is 6.02. The molecule has 1 saturated heterocycles. The Kier molecular flexibility index (Phi) is 6.47. The average molecular weight is 458 g/mol. The van der Waals surface area contributed by atoms with E-state index in [1.807, 2.05) is 12.1 Å². The van der Waals surface area contributed by atoms with Gasteiger partial charge in [0, 0.05) is 47.0 Å². The van der Waals surface area contributed by atoms with E-state index in [9.17, 15) is 4.21 Å². The summed E-state index contributed by atoms with van der Waals surface area (Å²) in [6.45, 7) is 6.84. The van der Waals surface area contributed by atoms with Crippen LogP contribution in [0.1, 0.15) is 41.8 Å². The van der Waals surface area contributed by atoms with Gasteiger partial charge in [0.05, 0.1) is 11.0 Å². The molecule has 2 atom stereocenters. The predicted molar refractivity (Wildman–Crippen MR) is 134 cm³/mol. The fraction of sp³-hybridized carbons (Fsp3) is 0.440. The number of benzene rings is 2. The maximum atomic E-state index is 12.4. The normalized spacial score (nSPS) is 19.5. The molecule has 166 valence electrons. The number of rotatable bonds is 6. The van der Waals surface area contributed by atoms with E-state index in [2.05, 4.69) is 52.9 Å². The second kappa shape index (κ2) is 8.97. The van der Waals surface area contributed by atoms with E-state index in [4.69, 9.17) is 16.6 Å². The molecule has 0 N–H and O–H groups in total. The molecule has 1 aliphatic heterocycles. The van der Waals surface area contributed by atoms with E-state index >= 15 is 0 Å². The van der Waals surface area contributed by atoms with E-state index < -0.39 is 9.71 Å². The van der Waals surface area contributed by atoms with E-state index in [1.54, 1.807) is 6.26 Å². The molecule has 2 unspecified atom stereocenters. The highest BCUT2D eigenvalue weighted by atomic mass is 35.5. The Hall–Kier alpha value is -1.82. The standard InChI is InChI=1S/C25H32ClN3OS/c1-18-14-23-24(15-19(18)2)29(17-21-7-10-22(26)11-8-21)25(27-23)12-9-20-6-5-13-28(16-20)31(3,4)30/h7-8,10-11,14-15,20H,3,5-6,9,12-13,16-17H2,1-2,4H3. The lowest BCUT2D eigenvalue weighted by molar-refractivity contribution is 0.264. The number of hydrogen-bond donors (Lipinski definition) is 0. The molecule has 4 nitrogen and oxygen atoms in total. The second-order valence-electron chi connectivity index (χ2n) is 9.06. The monoisotopic (exact) mass is 457 g/mol. The maximum Gasteiger partial charge on any atom is 0.110 e. The van der Waals surface area contributed by atoms with Gasteiger partial charge in [-0.05, 0) is 85.9 Å². The van der Waals surface area contributed by atoms with Crippen LogP contribution in [-0.2, 0) is 22.7 Å². The number of piperidine rings is 1. The van der Waals surface area contributed by atoms with Crippen LogP contribution < -0.4 is 0 Å². The zero-order valence-electron chi connectivity index (χ0n) is 18.7. The van der Waals surface area contributed by atoms with Crippen LogP contribution in [-0.4, -0.2) is 43.3 Å². The summed E-state index contributed by atoms with van der Waals surface area (Å²) in [5, 5.41) is 0.755. The molecule has 0 amide bonds. The van der Waals surface area contributed by atoms with Gasteiger partial charge in [0.25, 0.3) is 0 Å². The molecule has 1 aliphatic rings. The topological polar surface area (TPSA) is 38.1 Å². The first-order chi connectivity index (χ1) is 14.7. The van der Waals surface area contributed by atoms with Crippen molar-refractivity contribution in [1.29, 1.82) is 0 Å². The van der Waals surface area contributed by atoms with Gasteiger partial charge in [0.1, 0.15) is 5.82 Å². The Labute approximate surface area is 191 Å². The molecule has 0 aliphatic carbocycles. The Morgan fingerprint density at radius 2 is 1.90 bits per heavy atom. The second-order valence-corrected chi connectivity index (χ2v) is 11.9. The van der Waals surface area contributed by atoms with Crippen molar-refractivity contribution in [3.05, 3.63) is 63.9 Å². The molecule has 0 saturated carbocycles. The first-order valence-electron chi connectivity index (χ1n) is 11.0. The van der Waals surface area contributed by atoms with E-state index in [1.165, 1.54) is 28.6 Å². The van der Waals surface area contributed by atoms with Crippen molar-refractivity contribution in [3.63, 3.8) is 0 Å². The first-order valence-corrected chi connectivity index (χ1v) is 13.5. The molecular weight excluding hydrogens is 426 g/mol. The summed E-state index contributed by atoms with van der Waals surface area (Å²) < 4.78 is 16.8. The fourth-order valence-electron chi connectivity index (χ4n) is 4.52. The van der Waals surface area contributed by atoms with Crippen molar-refractivity contribution in [1.82, 2.24) is 13.9 Å². The lowest BCUT2D eigenvalue weighted by Crippen LogP contribution is -2.39. The van der Waals surface area contributed by atoms with Gasteiger partial charge in [0.15, 0.2) is 0 Å². The molecule has 0 bridgehead atoms. The molecule has 0 radical (unpaired) electrons. The smallest absolute Gasteiger partial charge is 0.110 e. The van der Waals surface area contributed by atoms with Crippen LogP contribution in [0.5, 0.6) is 0 Å². The number of imidazole rings is 1. The molecule has 1 fully saturated rings. The molecule has 4 rings (SSSR count). The molecule has 0 spiro atoms. The van der Waals surface area contributed by atoms with E-state index in [0.29, 0.717) is 5.92 Å². The molecule has 2 aromatic carbocycles. The Morgan fingerprint density at radius 1 is 1.19 bits per heavy atom. The highest BCUT2D eigenvalue weighted by Crippen LogP contribution is 2.26. The summed E-state index contributed by atoms with van der Waals surface area (Å²) >= 11 is 6.09. The van der Waals surface area contributed by atoms with Crippen LogP contribution in [0.2, 0.25) is 5.02 Å². The number of nitrogens with zero attached hydrogens (tertiary/aromatic N) is 3. The number of aryl methyl sites for hydroxylation is 3. The van der Waals surface area contributed by atoms with Crippen LogP contribution in [0.15, 0.2) is 36.4 Å². The van der Waals surface area contributed by atoms with Gasteiger partial charge in [-0.1, -0.05) is 23.7 Å². The van der Waals surface area contributed by atoms with Gasteiger partial charge in [-0.15, -0.1) is 0 Å². The summed E-state index contributed by atoms with van der Waals surface area (Å²) in [4.78, 5) is 5.03. The highest BCUT2D eigenvalue weighted by Gasteiger charge is 2.24. The lowest BCUT2D eigenvalue weighted by atomic mass is 9.94. The van der Waals surface area contributed by atoms with Crippen LogP contribution in [0.25, 0.3) is 11.0 Å². The maximum absolute atomic E-state index is 12.4. The number of aromatic nitrogens is 2. The summed E-state index contributed by atoms with van der Waals surface area (Å²) in [6.07, 6.45) is 5.99. The van der Waals surface area contributed by atoms with E-state index in [0.717, 1.165) is 55.3 Å². The summed E-state index contributed by atoms with van der Waals surface area (Å²) in [7, 11) is -2.12.